The van der Waals surface area contributed by atoms with Crippen molar-refractivity contribution in [1.82, 2.24) is 5.32 Å². The summed E-state index contributed by atoms with van der Waals surface area (Å²) in [6.45, 7) is -0.227. The number of para-hydroxylation sites is 1. The van der Waals surface area contributed by atoms with E-state index in [9.17, 15) is 49.3 Å². The van der Waals surface area contributed by atoms with Crippen molar-refractivity contribution in [1.29, 1.82) is 5.26 Å². The van der Waals surface area contributed by atoms with E-state index in [-0.39, 0.29) is 58.3 Å². The van der Waals surface area contributed by atoms with Gasteiger partial charge in [-0.15, -0.1) is 0 Å². The van der Waals surface area contributed by atoms with Crippen LogP contribution in [0, 0.1) is 11.3 Å². The Hall–Kier alpha value is -8.59. The normalized spacial score (nSPS) is 10.8. The molecular formula is C42H36N6O12. The van der Waals surface area contributed by atoms with Gasteiger partial charge in [0.25, 0.3) is 23.6 Å². The van der Waals surface area contributed by atoms with Gasteiger partial charge in [0.15, 0.2) is 29.6 Å². The van der Waals surface area contributed by atoms with Crippen LogP contribution in [-0.2, 0) is 9.59 Å². The van der Waals surface area contributed by atoms with E-state index in [1.807, 2.05) is 12.1 Å². The number of aromatic carboxylic acids is 1. The van der Waals surface area contributed by atoms with Gasteiger partial charge in [-0.25, -0.2) is 4.79 Å². The molecule has 0 saturated carbocycles. The Balaban J connectivity index is 1.17. The van der Waals surface area contributed by atoms with Crippen molar-refractivity contribution in [3.8, 4) is 34.8 Å². The lowest BCUT2D eigenvalue weighted by molar-refractivity contribution is -0.118. The number of hydrogen-bond acceptors (Lipinski definition) is 12. The molecule has 5 aromatic rings. The fourth-order valence-corrected chi connectivity index (χ4v) is 5.54. The van der Waals surface area contributed by atoms with Crippen LogP contribution >= 0.6 is 0 Å². The molecule has 0 fully saturated rings. The molecule has 0 heterocycles. The SMILES string of the molecule is COc1c(NC(=O)c2ccc(NC(=O)c3ccc(NC(=O)[C@H](CC#N)NC(=O)c4ccc(NC(=O)COc5ccccc5)cc4)cc3)c(OC)c2O)ccc(C(=O)O)c1O. The van der Waals surface area contributed by atoms with Crippen molar-refractivity contribution >= 4 is 58.3 Å². The molecule has 8 N–H and O–H groups in total. The highest BCUT2D eigenvalue weighted by Gasteiger charge is 2.25. The number of nitrogens with zero attached hydrogens (tertiary/aromatic N) is 1. The van der Waals surface area contributed by atoms with Crippen LogP contribution in [0.5, 0.6) is 28.7 Å². The highest BCUT2D eigenvalue weighted by atomic mass is 16.5. The molecule has 60 heavy (non-hydrogen) atoms. The number of carboxylic acids is 1. The molecule has 0 bridgehead atoms. The van der Waals surface area contributed by atoms with Crippen LogP contribution in [-0.4, -0.2) is 77.7 Å². The first-order valence-corrected chi connectivity index (χ1v) is 17.7. The number of ether oxygens (including phenoxy) is 3. The number of amides is 5. The number of carbonyl (C=O) groups excluding carboxylic acids is 5. The van der Waals surface area contributed by atoms with Gasteiger partial charge in [-0.3, -0.25) is 24.0 Å². The summed E-state index contributed by atoms with van der Waals surface area (Å²) in [7, 11) is 2.35. The predicted octanol–water partition coefficient (Wildman–Crippen LogP) is 4.99. The lowest BCUT2D eigenvalue weighted by Gasteiger charge is -2.17. The molecular weight excluding hydrogens is 780 g/mol. The smallest absolute Gasteiger partial charge is 0.339 e. The predicted molar refractivity (Wildman–Crippen MR) is 216 cm³/mol. The Morgan fingerprint density at radius 2 is 1.15 bits per heavy atom. The van der Waals surface area contributed by atoms with Gasteiger partial charge in [0.05, 0.1) is 43.6 Å². The van der Waals surface area contributed by atoms with E-state index in [2.05, 4.69) is 26.6 Å². The minimum atomic E-state index is -1.42. The monoisotopic (exact) mass is 816 g/mol. The fraction of sp³-hybridized carbons (Fsp3) is 0.119. The topological polar surface area (TPSA) is 275 Å². The van der Waals surface area contributed by atoms with Gasteiger partial charge in [0.2, 0.25) is 5.91 Å². The maximum Gasteiger partial charge on any atom is 0.339 e. The molecule has 18 heteroatoms. The number of benzene rings is 5. The third-order valence-electron chi connectivity index (χ3n) is 8.52. The van der Waals surface area contributed by atoms with Crippen LogP contribution < -0.4 is 40.8 Å². The number of anilines is 4. The molecule has 0 aliphatic carbocycles. The third-order valence-corrected chi connectivity index (χ3v) is 8.52. The second kappa shape index (κ2) is 19.5. The Morgan fingerprint density at radius 3 is 1.70 bits per heavy atom. The number of carbonyl (C=O) groups is 6. The molecule has 0 aromatic heterocycles. The first-order valence-electron chi connectivity index (χ1n) is 17.7. The minimum Gasteiger partial charge on any atom is -0.504 e. The zero-order chi connectivity index (χ0) is 43.3. The van der Waals surface area contributed by atoms with Crippen LogP contribution in [0.1, 0.15) is 47.9 Å². The summed E-state index contributed by atoms with van der Waals surface area (Å²) in [6.07, 6.45) is -0.361. The number of hydrogen-bond donors (Lipinski definition) is 8. The van der Waals surface area contributed by atoms with Gasteiger partial charge in [-0.2, -0.15) is 5.26 Å². The molecule has 0 aliphatic heterocycles. The van der Waals surface area contributed by atoms with Gasteiger partial charge >= 0.3 is 5.97 Å². The van der Waals surface area contributed by atoms with Crippen molar-refractivity contribution < 1.29 is 58.3 Å². The second-order valence-corrected chi connectivity index (χ2v) is 12.5. The number of methoxy groups -OCH3 is 2. The quantitative estimate of drug-likeness (QED) is 0.0653. The van der Waals surface area contributed by atoms with Gasteiger partial charge in [-0.05, 0) is 84.9 Å². The average molecular weight is 817 g/mol. The summed E-state index contributed by atoms with van der Waals surface area (Å²) in [6, 6.07) is 25.6. The van der Waals surface area contributed by atoms with Gasteiger partial charge < -0.3 is 56.1 Å². The van der Waals surface area contributed by atoms with Crippen molar-refractivity contribution in [2.45, 2.75) is 12.5 Å². The van der Waals surface area contributed by atoms with Crippen molar-refractivity contribution in [2.75, 3.05) is 42.1 Å². The number of phenols is 2. The molecule has 1 atom stereocenters. The van der Waals surface area contributed by atoms with E-state index in [1.54, 1.807) is 24.3 Å². The Kier molecular flexibility index (Phi) is 13.8. The number of aromatic hydroxyl groups is 2. The number of nitrogens with one attached hydrogen (secondary N) is 5. The molecule has 5 aromatic carbocycles. The first kappa shape index (κ1) is 42.6. The summed E-state index contributed by atoms with van der Waals surface area (Å²) in [5, 5.41) is 52.5. The molecule has 5 amide bonds. The number of nitriles is 1. The van der Waals surface area contributed by atoms with Crippen molar-refractivity contribution in [3.63, 3.8) is 0 Å². The van der Waals surface area contributed by atoms with E-state index < -0.39 is 58.6 Å². The summed E-state index contributed by atoms with van der Waals surface area (Å²) >= 11 is 0. The highest BCUT2D eigenvalue weighted by molar-refractivity contribution is 6.10. The van der Waals surface area contributed by atoms with E-state index in [1.165, 1.54) is 73.8 Å². The Labute approximate surface area is 341 Å². The van der Waals surface area contributed by atoms with Crippen LogP contribution in [0.15, 0.2) is 103 Å². The molecule has 0 spiro atoms. The standard InChI is InChI=1S/C42H36N6O12/c1-58-36-30(18-16-28(34(36)50)40(54)47-31-19-17-29(42(56)57)35(51)37(31)59-2)46-38(52)23-10-14-26(15-11-23)45-41(55)32(20-21-43)48-39(53)24-8-12-25(13-9-24)44-33(49)22-60-27-6-4-3-5-7-27/h3-19,32,50-51H,20,22H2,1-2H3,(H,44,49)(H,45,55)(H,46,52)(H,47,54)(H,48,53)(H,56,57)/t32-/m0/s1. The molecule has 306 valence electrons. The number of carboxylic acid groups (broad SMARTS) is 1. The zero-order valence-corrected chi connectivity index (χ0v) is 31.8. The highest BCUT2D eigenvalue weighted by Crippen LogP contribution is 2.40. The fourth-order valence-electron chi connectivity index (χ4n) is 5.54. The third kappa shape index (κ3) is 10.4. The minimum absolute atomic E-state index is 0.0159. The lowest BCUT2D eigenvalue weighted by Crippen LogP contribution is -2.43. The van der Waals surface area contributed by atoms with Crippen LogP contribution in [0.3, 0.4) is 0 Å². The molecule has 0 radical (unpaired) electrons. The van der Waals surface area contributed by atoms with Gasteiger partial charge in [0, 0.05) is 22.5 Å². The van der Waals surface area contributed by atoms with Gasteiger partial charge in [-0.1, -0.05) is 18.2 Å². The maximum absolute atomic E-state index is 13.2. The van der Waals surface area contributed by atoms with E-state index >= 15 is 0 Å². The maximum atomic E-state index is 13.2. The van der Waals surface area contributed by atoms with Gasteiger partial charge in [0.1, 0.15) is 17.4 Å². The van der Waals surface area contributed by atoms with Crippen LogP contribution in [0.4, 0.5) is 22.7 Å². The zero-order valence-electron chi connectivity index (χ0n) is 31.8. The van der Waals surface area contributed by atoms with E-state index in [0.29, 0.717) is 11.4 Å². The van der Waals surface area contributed by atoms with Crippen molar-refractivity contribution in [2.24, 2.45) is 0 Å². The Morgan fingerprint density at radius 1 is 0.633 bits per heavy atom. The largest absolute Gasteiger partial charge is 0.504 e. The lowest BCUT2D eigenvalue weighted by atomic mass is 10.1. The summed E-state index contributed by atoms with van der Waals surface area (Å²) in [4.78, 5) is 76.0. The summed E-state index contributed by atoms with van der Waals surface area (Å²) in [5.41, 5.74) is 0.0349. The van der Waals surface area contributed by atoms with Crippen molar-refractivity contribution in [3.05, 3.63) is 125 Å². The van der Waals surface area contributed by atoms with Crippen LogP contribution in [0.25, 0.3) is 0 Å². The second-order valence-electron chi connectivity index (χ2n) is 12.5. The molecule has 0 unspecified atom stereocenters. The molecule has 0 saturated heterocycles. The molecule has 0 aliphatic rings. The first-order chi connectivity index (χ1) is 28.8. The van der Waals surface area contributed by atoms with E-state index in [4.69, 9.17) is 14.2 Å². The van der Waals surface area contributed by atoms with E-state index in [0.717, 1.165) is 13.2 Å². The Bertz CT molecular complexity index is 2470. The average Bonchev–Trinajstić information content (AvgIpc) is 3.23. The molecule has 5 rings (SSSR count). The molecule has 18 nitrogen and oxygen atoms in total. The number of rotatable bonds is 16. The summed E-state index contributed by atoms with van der Waals surface area (Å²) < 4.78 is 15.7. The number of phenolic OH excluding ortho intramolecular Hbond substituents is 1. The summed E-state index contributed by atoms with van der Waals surface area (Å²) in [5.74, 6) is -6.18. The van der Waals surface area contributed by atoms with Crippen LogP contribution in [0.2, 0.25) is 0 Å².